The van der Waals surface area contributed by atoms with Gasteiger partial charge in [0.1, 0.15) is 0 Å². The van der Waals surface area contributed by atoms with Gasteiger partial charge in [-0.15, -0.1) is 11.8 Å². The Hall–Kier alpha value is -1.20. The number of hydrogen-bond donors (Lipinski definition) is 1. The molecule has 1 N–H and O–H groups in total. The van der Waals surface area contributed by atoms with Crippen molar-refractivity contribution in [1.82, 2.24) is 4.90 Å². The van der Waals surface area contributed by atoms with Gasteiger partial charge in [-0.1, -0.05) is 11.6 Å². The Kier molecular flexibility index (Phi) is 4.37. The van der Waals surface area contributed by atoms with Gasteiger partial charge >= 0.3 is 5.97 Å². The number of carboxylic acid groups (broad SMARTS) is 1. The van der Waals surface area contributed by atoms with E-state index in [1.54, 1.807) is 17.0 Å². The molecule has 1 aromatic carbocycles. The van der Waals surface area contributed by atoms with Crippen LogP contribution in [0.4, 0.5) is 0 Å². The average molecular weight is 300 g/mol. The summed E-state index contributed by atoms with van der Waals surface area (Å²) in [4.78, 5) is 25.8. The molecule has 0 aromatic heterocycles. The molecule has 1 aromatic rings. The van der Waals surface area contributed by atoms with Crippen LogP contribution in [0.15, 0.2) is 23.1 Å². The molecule has 0 radical (unpaired) electrons. The average Bonchev–Trinajstić information content (AvgIpc) is 2.88. The largest absolute Gasteiger partial charge is 0.481 e. The first-order chi connectivity index (χ1) is 9.02. The Morgan fingerprint density at radius 1 is 1.47 bits per heavy atom. The predicted molar refractivity (Wildman–Crippen MR) is 74.9 cm³/mol. The summed E-state index contributed by atoms with van der Waals surface area (Å²) in [7, 11) is 0. The molecule has 0 saturated carbocycles. The molecule has 1 unspecified atom stereocenters. The number of rotatable bonds is 3. The number of benzene rings is 1. The summed E-state index contributed by atoms with van der Waals surface area (Å²) in [5.41, 5.74) is 0.444. The second-order valence-corrected chi connectivity index (χ2v) is 5.71. The Morgan fingerprint density at radius 2 is 2.21 bits per heavy atom. The second kappa shape index (κ2) is 5.84. The van der Waals surface area contributed by atoms with Gasteiger partial charge in [0.15, 0.2) is 0 Å². The molecule has 0 aliphatic carbocycles. The lowest BCUT2D eigenvalue weighted by molar-refractivity contribution is -0.141. The molecule has 1 aliphatic heterocycles. The topological polar surface area (TPSA) is 57.6 Å². The van der Waals surface area contributed by atoms with E-state index in [0.717, 1.165) is 4.90 Å². The van der Waals surface area contributed by atoms with Gasteiger partial charge in [-0.3, -0.25) is 9.59 Å². The zero-order chi connectivity index (χ0) is 14.0. The highest BCUT2D eigenvalue weighted by Gasteiger charge is 2.31. The third-order valence-corrected chi connectivity index (χ3v) is 4.28. The van der Waals surface area contributed by atoms with Crippen molar-refractivity contribution in [3.8, 4) is 0 Å². The molecule has 4 nitrogen and oxygen atoms in total. The van der Waals surface area contributed by atoms with Crippen molar-refractivity contribution in [3.63, 3.8) is 0 Å². The Bertz CT molecular complexity index is 521. The number of carboxylic acids is 1. The lowest BCUT2D eigenvalue weighted by Gasteiger charge is -2.17. The van der Waals surface area contributed by atoms with Crippen LogP contribution < -0.4 is 0 Å². The highest BCUT2D eigenvalue weighted by atomic mass is 35.5. The van der Waals surface area contributed by atoms with Crippen molar-refractivity contribution in [3.05, 3.63) is 28.8 Å². The Balaban J connectivity index is 2.18. The zero-order valence-corrected chi connectivity index (χ0v) is 12.0. The molecule has 102 valence electrons. The molecular formula is C13H14ClNO3S. The molecule has 0 spiro atoms. The number of amides is 1. The van der Waals surface area contributed by atoms with E-state index in [2.05, 4.69) is 0 Å². The number of aliphatic carboxylic acids is 1. The van der Waals surface area contributed by atoms with E-state index in [1.807, 2.05) is 12.3 Å². The summed E-state index contributed by atoms with van der Waals surface area (Å²) in [6.07, 6.45) is 2.43. The maximum absolute atomic E-state index is 12.3. The normalized spacial score (nSPS) is 18.6. The fourth-order valence-corrected chi connectivity index (χ4v) is 2.75. The number of thioether (sulfide) groups is 1. The van der Waals surface area contributed by atoms with Gasteiger partial charge < -0.3 is 10.0 Å². The molecule has 0 bridgehead atoms. The zero-order valence-electron chi connectivity index (χ0n) is 10.4. The molecule has 1 aliphatic rings. The Labute approximate surface area is 120 Å². The van der Waals surface area contributed by atoms with E-state index in [0.29, 0.717) is 23.6 Å². The lowest BCUT2D eigenvalue weighted by Crippen LogP contribution is -2.30. The summed E-state index contributed by atoms with van der Waals surface area (Å²) in [6, 6.07) is 5.31. The summed E-state index contributed by atoms with van der Waals surface area (Å²) < 4.78 is 0. The number of halogens is 1. The van der Waals surface area contributed by atoms with E-state index in [4.69, 9.17) is 16.7 Å². The molecule has 2 rings (SSSR count). The number of nitrogens with zero attached hydrogens (tertiary/aromatic N) is 1. The van der Waals surface area contributed by atoms with E-state index in [1.165, 1.54) is 11.8 Å². The van der Waals surface area contributed by atoms with Gasteiger partial charge in [0.25, 0.3) is 5.91 Å². The molecule has 1 fully saturated rings. The smallest absolute Gasteiger partial charge is 0.308 e. The van der Waals surface area contributed by atoms with Crippen LogP contribution in [0.2, 0.25) is 5.02 Å². The molecule has 1 amide bonds. The maximum atomic E-state index is 12.3. The third-order valence-electron chi connectivity index (χ3n) is 3.23. The van der Waals surface area contributed by atoms with Crippen molar-refractivity contribution >= 4 is 35.2 Å². The first-order valence-electron chi connectivity index (χ1n) is 5.88. The number of likely N-dealkylation sites (tertiary alicyclic amines) is 1. The van der Waals surface area contributed by atoms with Crippen LogP contribution in [0.25, 0.3) is 0 Å². The summed E-state index contributed by atoms with van der Waals surface area (Å²) >= 11 is 7.59. The number of hydrogen-bond acceptors (Lipinski definition) is 3. The maximum Gasteiger partial charge on any atom is 0.308 e. The van der Waals surface area contributed by atoms with Crippen LogP contribution in [0.5, 0.6) is 0 Å². The van der Waals surface area contributed by atoms with Gasteiger partial charge in [-0.2, -0.15) is 0 Å². The van der Waals surface area contributed by atoms with E-state index >= 15 is 0 Å². The third kappa shape index (κ3) is 3.04. The number of carbonyl (C=O) groups is 2. The van der Waals surface area contributed by atoms with E-state index in [-0.39, 0.29) is 12.5 Å². The van der Waals surface area contributed by atoms with Crippen LogP contribution in [0.3, 0.4) is 0 Å². The molecular weight excluding hydrogens is 286 g/mol. The molecule has 6 heteroatoms. The molecule has 1 atom stereocenters. The Morgan fingerprint density at radius 3 is 2.79 bits per heavy atom. The van der Waals surface area contributed by atoms with Crippen LogP contribution in [-0.4, -0.2) is 41.2 Å². The minimum atomic E-state index is -0.848. The van der Waals surface area contributed by atoms with Gasteiger partial charge in [0, 0.05) is 18.0 Å². The van der Waals surface area contributed by atoms with Crippen molar-refractivity contribution < 1.29 is 14.7 Å². The fourth-order valence-electron chi connectivity index (χ4n) is 2.11. The highest BCUT2D eigenvalue weighted by Crippen LogP contribution is 2.26. The van der Waals surface area contributed by atoms with Crippen LogP contribution in [-0.2, 0) is 4.79 Å². The van der Waals surface area contributed by atoms with Gasteiger partial charge in [-0.05, 0) is 30.9 Å². The molecule has 1 heterocycles. The highest BCUT2D eigenvalue weighted by molar-refractivity contribution is 7.98. The van der Waals surface area contributed by atoms with Crippen molar-refractivity contribution in [2.24, 2.45) is 5.92 Å². The fraction of sp³-hybridized carbons (Fsp3) is 0.385. The molecule has 19 heavy (non-hydrogen) atoms. The first kappa shape index (κ1) is 14.2. The lowest BCUT2D eigenvalue weighted by atomic mass is 10.1. The summed E-state index contributed by atoms with van der Waals surface area (Å²) in [6.45, 7) is 0.726. The monoisotopic (exact) mass is 299 g/mol. The van der Waals surface area contributed by atoms with Crippen LogP contribution >= 0.6 is 23.4 Å². The van der Waals surface area contributed by atoms with Crippen molar-refractivity contribution in [1.29, 1.82) is 0 Å². The van der Waals surface area contributed by atoms with Crippen molar-refractivity contribution in [2.45, 2.75) is 11.3 Å². The first-order valence-corrected chi connectivity index (χ1v) is 7.49. The quantitative estimate of drug-likeness (QED) is 0.872. The molecule has 1 saturated heterocycles. The SMILES string of the molecule is CSc1ccc(Cl)c(C(=O)N2CCC(C(=O)O)C2)c1. The minimum Gasteiger partial charge on any atom is -0.481 e. The van der Waals surface area contributed by atoms with Crippen LogP contribution in [0, 0.1) is 5.92 Å². The van der Waals surface area contributed by atoms with Gasteiger partial charge in [0.05, 0.1) is 16.5 Å². The standard InChI is InChI=1S/C13H14ClNO3S/c1-19-9-2-3-11(14)10(6-9)12(16)15-5-4-8(7-15)13(17)18/h2-3,6,8H,4-5,7H2,1H3,(H,17,18). The van der Waals surface area contributed by atoms with Crippen LogP contribution in [0.1, 0.15) is 16.8 Å². The summed E-state index contributed by atoms with van der Waals surface area (Å²) in [5, 5.41) is 9.36. The predicted octanol–water partition coefficient (Wildman–Crippen LogP) is 2.61. The number of carbonyl (C=O) groups excluding carboxylic acids is 1. The van der Waals surface area contributed by atoms with E-state index < -0.39 is 11.9 Å². The summed E-state index contributed by atoms with van der Waals surface area (Å²) in [5.74, 6) is -1.50. The second-order valence-electron chi connectivity index (χ2n) is 4.42. The minimum absolute atomic E-state index is 0.190. The van der Waals surface area contributed by atoms with Crippen molar-refractivity contribution in [2.75, 3.05) is 19.3 Å². The van der Waals surface area contributed by atoms with Gasteiger partial charge in [-0.25, -0.2) is 0 Å². The van der Waals surface area contributed by atoms with E-state index in [9.17, 15) is 9.59 Å². The van der Waals surface area contributed by atoms with Gasteiger partial charge in [0.2, 0.25) is 0 Å².